The summed E-state index contributed by atoms with van der Waals surface area (Å²) in [7, 11) is 0. The van der Waals surface area contributed by atoms with Gasteiger partial charge >= 0.3 is 0 Å². The van der Waals surface area contributed by atoms with E-state index in [1.807, 2.05) is 36.5 Å². The number of halogens is 2. The fourth-order valence-electron chi connectivity index (χ4n) is 2.66. The molecule has 0 aliphatic carbocycles. The molecule has 23 heavy (non-hydrogen) atoms. The lowest BCUT2D eigenvalue weighted by atomic mass is 9.99. The summed E-state index contributed by atoms with van der Waals surface area (Å²) in [6, 6.07) is 12.3. The van der Waals surface area contributed by atoms with Crippen molar-refractivity contribution >= 4 is 29.0 Å². The maximum Gasteiger partial charge on any atom is 0.129 e. The van der Waals surface area contributed by atoms with Crippen molar-refractivity contribution in [2.24, 2.45) is 4.99 Å². The second-order valence-corrected chi connectivity index (χ2v) is 6.59. The average Bonchev–Trinajstić information content (AvgIpc) is 3.27. The molecule has 1 aromatic heterocycles. The molecule has 1 aromatic carbocycles. The van der Waals surface area contributed by atoms with Gasteiger partial charge in [-0.2, -0.15) is 0 Å². The monoisotopic (exact) mass is 347 g/mol. The summed E-state index contributed by atoms with van der Waals surface area (Å²) in [5.74, 6) is 1.10. The van der Waals surface area contributed by atoms with E-state index >= 15 is 0 Å². The first-order chi connectivity index (χ1) is 11.2. The molecule has 0 saturated carbocycles. The summed E-state index contributed by atoms with van der Waals surface area (Å²) in [5, 5.41) is 4.81. The molecule has 0 fully saturated rings. The Hall–Kier alpha value is -1.58. The first-order valence-electron chi connectivity index (χ1n) is 7.86. The SMILES string of the molecule is CCCC1N=C1NC(Cc1ccc(Cl)nc1)c1cccc(Cl)c1. The zero-order valence-electron chi connectivity index (χ0n) is 13.0. The lowest BCUT2D eigenvalue weighted by Crippen LogP contribution is -2.27. The van der Waals surface area contributed by atoms with Crippen molar-refractivity contribution in [3.05, 3.63) is 63.9 Å². The van der Waals surface area contributed by atoms with E-state index in [2.05, 4.69) is 28.3 Å². The normalized spacial score (nSPS) is 17.5. The summed E-state index contributed by atoms with van der Waals surface area (Å²) in [6.45, 7) is 2.18. The van der Waals surface area contributed by atoms with E-state index in [4.69, 9.17) is 23.2 Å². The van der Waals surface area contributed by atoms with E-state index in [9.17, 15) is 0 Å². The van der Waals surface area contributed by atoms with Crippen molar-refractivity contribution in [2.45, 2.75) is 38.3 Å². The van der Waals surface area contributed by atoms with Crippen molar-refractivity contribution in [1.29, 1.82) is 0 Å². The van der Waals surface area contributed by atoms with Crippen LogP contribution in [0.3, 0.4) is 0 Å². The van der Waals surface area contributed by atoms with Crippen molar-refractivity contribution in [3.8, 4) is 0 Å². The Kier molecular flexibility index (Phi) is 5.19. The first kappa shape index (κ1) is 16.3. The number of pyridine rings is 1. The van der Waals surface area contributed by atoms with Crippen LogP contribution in [0.25, 0.3) is 0 Å². The second kappa shape index (κ2) is 7.33. The van der Waals surface area contributed by atoms with Gasteiger partial charge in [-0.25, -0.2) is 4.98 Å². The van der Waals surface area contributed by atoms with Crippen LogP contribution in [0.1, 0.15) is 36.9 Å². The number of amidine groups is 1. The number of hydrogen-bond acceptors (Lipinski definition) is 3. The molecule has 3 rings (SSSR count). The zero-order valence-corrected chi connectivity index (χ0v) is 14.5. The molecule has 1 aliphatic rings. The summed E-state index contributed by atoms with van der Waals surface area (Å²) in [5.41, 5.74) is 2.28. The molecule has 0 bridgehead atoms. The Morgan fingerprint density at radius 3 is 2.78 bits per heavy atom. The smallest absolute Gasteiger partial charge is 0.129 e. The van der Waals surface area contributed by atoms with Gasteiger partial charge < -0.3 is 5.32 Å². The van der Waals surface area contributed by atoms with Gasteiger partial charge in [-0.3, -0.25) is 4.99 Å². The van der Waals surface area contributed by atoms with Gasteiger partial charge in [0.25, 0.3) is 0 Å². The van der Waals surface area contributed by atoms with E-state index in [-0.39, 0.29) is 6.04 Å². The van der Waals surface area contributed by atoms with Crippen LogP contribution in [-0.4, -0.2) is 16.9 Å². The topological polar surface area (TPSA) is 37.3 Å². The lowest BCUT2D eigenvalue weighted by molar-refractivity contribution is 0.641. The molecular formula is C18H19Cl2N3. The highest BCUT2D eigenvalue weighted by Gasteiger charge is 2.29. The number of aliphatic imine (C=N–C) groups is 1. The minimum Gasteiger partial charge on any atom is -0.365 e. The standard InChI is InChI=1S/C18H19Cl2N3/c1-2-4-15-18(22-15)23-16(13-5-3-6-14(19)10-13)9-12-7-8-17(20)21-11-12/h3,5-8,10-11,15-16H,2,4,9H2,1H3,(H,22,23). The quantitative estimate of drug-likeness (QED) is 0.759. The summed E-state index contributed by atoms with van der Waals surface area (Å²) in [6.07, 6.45) is 4.87. The number of aromatic nitrogens is 1. The minimum absolute atomic E-state index is 0.122. The van der Waals surface area contributed by atoms with Crippen molar-refractivity contribution in [1.82, 2.24) is 10.3 Å². The van der Waals surface area contributed by atoms with Crippen molar-refractivity contribution in [2.75, 3.05) is 0 Å². The highest BCUT2D eigenvalue weighted by molar-refractivity contribution is 6.30. The van der Waals surface area contributed by atoms with Gasteiger partial charge in [0, 0.05) is 11.2 Å². The number of nitrogens with zero attached hydrogens (tertiary/aromatic N) is 2. The Bertz CT molecular complexity index is 698. The van der Waals surface area contributed by atoms with Gasteiger partial charge in [0.1, 0.15) is 17.0 Å². The van der Waals surface area contributed by atoms with E-state index < -0.39 is 0 Å². The minimum atomic E-state index is 0.122. The van der Waals surface area contributed by atoms with E-state index in [0.29, 0.717) is 11.2 Å². The number of hydrogen-bond donors (Lipinski definition) is 1. The van der Waals surface area contributed by atoms with Gasteiger partial charge in [0.2, 0.25) is 0 Å². The Labute approximate surface area is 146 Å². The molecule has 0 saturated heterocycles. The molecule has 1 N–H and O–H groups in total. The highest BCUT2D eigenvalue weighted by atomic mass is 35.5. The van der Waals surface area contributed by atoms with Gasteiger partial charge in [-0.15, -0.1) is 0 Å². The van der Waals surface area contributed by atoms with Gasteiger partial charge in [0.05, 0.1) is 6.04 Å². The average molecular weight is 348 g/mol. The molecule has 5 heteroatoms. The summed E-state index contributed by atoms with van der Waals surface area (Å²) >= 11 is 12.0. The fraction of sp³-hybridized carbons (Fsp3) is 0.333. The maximum absolute atomic E-state index is 6.16. The van der Waals surface area contributed by atoms with Crippen LogP contribution in [0, 0.1) is 0 Å². The maximum atomic E-state index is 6.16. The molecule has 2 atom stereocenters. The third-order valence-corrected chi connectivity index (χ3v) is 4.37. The number of rotatable bonds is 6. The van der Waals surface area contributed by atoms with Crippen LogP contribution in [0.2, 0.25) is 10.2 Å². The molecule has 2 aromatic rings. The molecule has 0 radical (unpaired) electrons. The first-order valence-corrected chi connectivity index (χ1v) is 8.61. The lowest BCUT2D eigenvalue weighted by Gasteiger charge is -2.19. The predicted molar refractivity (Wildman–Crippen MR) is 96.4 cm³/mol. The largest absolute Gasteiger partial charge is 0.365 e. The predicted octanol–water partition coefficient (Wildman–Crippen LogP) is 4.84. The van der Waals surface area contributed by atoms with Gasteiger partial charge in [-0.05, 0) is 42.2 Å². The summed E-state index contributed by atoms with van der Waals surface area (Å²) < 4.78 is 0. The number of nitrogens with one attached hydrogen (secondary N) is 1. The Balaban J connectivity index is 1.76. The van der Waals surface area contributed by atoms with Crippen LogP contribution in [0.15, 0.2) is 47.6 Å². The van der Waals surface area contributed by atoms with Crippen molar-refractivity contribution in [3.63, 3.8) is 0 Å². The second-order valence-electron chi connectivity index (χ2n) is 5.76. The molecule has 2 unspecified atom stereocenters. The van der Waals surface area contributed by atoms with Crippen LogP contribution in [-0.2, 0) is 6.42 Å². The van der Waals surface area contributed by atoms with Crippen LogP contribution >= 0.6 is 23.2 Å². The zero-order chi connectivity index (χ0) is 16.2. The molecular weight excluding hydrogens is 329 g/mol. The van der Waals surface area contributed by atoms with Crippen molar-refractivity contribution < 1.29 is 0 Å². The Morgan fingerprint density at radius 2 is 2.09 bits per heavy atom. The summed E-state index contributed by atoms with van der Waals surface area (Å²) in [4.78, 5) is 8.69. The molecule has 120 valence electrons. The van der Waals surface area contributed by atoms with Crippen LogP contribution in [0.5, 0.6) is 0 Å². The third-order valence-electron chi connectivity index (χ3n) is 3.91. The van der Waals surface area contributed by atoms with E-state index in [1.54, 1.807) is 0 Å². The third kappa shape index (κ3) is 4.46. The molecule has 3 nitrogen and oxygen atoms in total. The fourth-order valence-corrected chi connectivity index (χ4v) is 2.97. The van der Waals surface area contributed by atoms with Gasteiger partial charge in [0.15, 0.2) is 0 Å². The molecule has 0 spiro atoms. The molecule has 0 amide bonds. The van der Waals surface area contributed by atoms with E-state index in [1.165, 1.54) is 0 Å². The molecule has 1 aliphatic heterocycles. The highest BCUT2D eigenvalue weighted by Crippen LogP contribution is 2.25. The Morgan fingerprint density at radius 1 is 1.22 bits per heavy atom. The molecule has 2 heterocycles. The van der Waals surface area contributed by atoms with E-state index in [0.717, 1.165) is 41.2 Å². The van der Waals surface area contributed by atoms with Crippen LogP contribution in [0.4, 0.5) is 0 Å². The van der Waals surface area contributed by atoms with Gasteiger partial charge in [-0.1, -0.05) is 54.7 Å². The van der Waals surface area contributed by atoms with Crippen LogP contribution < -0.4 is 5.32 Å². The number of benzene rings is 1.